The Labute approximate surface area is 182 Å². The summed E-state index contributed by atoms with van der Waals surface area (Å²) in [5.41, 5.74) is 0.918. The molecular weight excluding hydrogens is 423 g/mol. The summed E-state index contributed by atoms with van der Waals surface area (Å²) in [5, 5.41) is 6.27. The molecule has 2 amide bonds. The van der Waals surface area contributed by atoms with Crippen LogP contribution in [0.3, 0.4) is 0 Å². The number of nitrogens with zero attached hydrogens (tertiary/aromatic N) is 2. The number of hydrogen-bond donors (Lipinski definition) is 1. The number of aromatic nitrogens is 1. The molecule has 0 aliphatic carbocycles. The van der Waals surface area contributed by atoms with Crippen molar-refractivity contribution in [1.82, 2.24) is 10.5 Å². The predicted molar refractivity (Wildman–Crippen MR) is 109 cm³/mol. The Balaban J connectivity index is 1.59. The van der Waals surface area contributed by atoms with Gasteiger partial charge in [0.15, 0.2) is 5.76 Å². The Kier molecular flexibility index (Phi) is 5.28. The lowest BCUT2D eigenvalue weighted by atomic mass is 9.86. The largest absolute Gasteiger partial charge is 0.359 e. The number of benzene rings is 2. The summed E-state index contributed by atoms with van der Waals surface area (Å²) in [6, 6.07) is 7.61. The van der Waals surface area contributed by atoms with Crippen molar-refractivity contribution in [3.05, 3.63) is 82.0 Å². The number of halogens is 3. The molecule has 0 spiro atoms. The standard InChI is InChI=1S/C23H20F3N3O3/c1-12-6-15(32-28-12)11-29-20-7-13(4-5-17(20)23(2,3)22(29)31)21(30)27-10-16-18(25)8-14(24)9-19(16)26/h4-9H,10-11H2,1-3H3,(H,27,30). The summed E-state index contributed by atoms with van der Waals surface area (Å²) in [5.74, 6) is -3.46. The van der Waals surface area contributed by atoms with E-state index in [-0.39, 0.29) is 18.0 Å². The van der Waals surface area contributed by atoms with Gasteiger partial charge in [0.25, 0.3) is 5.91 Å². The Morgan fingerprint density at radius 1 is 1.12 bits per heavy atom. The molecule has 6 nitrogen and oxygen atoms in total. The second-order valence-corrected chi connectivity index (χ2v) is 8.21. The summed E-state index contributed by atoms with van der Waals surface area (Å²) in [7, 11) is 0. The maximum Gasteiger partial charge on any atom is 0.251 e. The van der Waals surface area contributed by atoms with Crippen molar-refractivity contribution >= 4 is 17.5 Å². The minimum Gasteiger partial charge on any atom is -0.359 e. The number of nitrogens with one attached hydrogen (secondary N) is 1. The minimum absolute atomic E-state index is 0.146. The van der Waals surface area contributed by atoms with Crippen LogP contribution in [0.4, 0.5) is 18.9 Å². The number of hydrogen-bond acceptors (Lipinski definition) is 4. The van der Waals surface area contributed by atoms with Crippen LogP contribution >= 0.6 is 0 Å². The Hall–Kier alpha value is -3.62. The van der Waals surface area contributed by atoms with E-state index >= 15 is 0 Å². The molecule has 2 aromatic carbocycles. The zero-order valence-corrected chi connectivity index (χ0v) is 17.6. The van der Waals surface area contributed by atoms with E-state index in [1.165, 1.54) is 4.90 Å². The first-order chi connectivity index (χ1) is 15.1. The lowest BCUT2D eigenvalue weighted by Gasteiger charge is -2.19. The van der Waals surface area contributed by atoms with Crippen molar-refractivity contribution in [1.29, 1.82) is 0 Å². The minimum atomic E-state index is -1.09. The first-order valence-corrected chi connectivity index (χ1v) is 9.88. The van der Waals surface area contributed by atoms with Crippen LogP contribution in [0.1, 0.15) is 46.8 Å². The summed E-state index contributed by atoms with van der Waals surface area (Å²) >= 11 is 0. The normalized spacial score (nSPS) is 14.6. The fourth-order valence-corrected chi connectivity index (χ4v) is 3.80. The van der Waals surface area contributed by atoms with Crippen LogP contribution in [0.2, 0.25) is 0 Å². The van der Waals surface area contributed by atoms with Crippen LogP contribution in [0.5, 0.6) is 0 Å². The van der Waals surface area contributed by atoms with E-state index in [0.717, 1.165) is 5.56 Å². The number of carbonyl (C=O) groups is 2. The molecule has 1 aliphatic heterocycles. The van der Waals surface area contributed by atoms with Crippen LogP contribution < -0.4 is 10.2 Å². The summed E-state index contributed by atoms with van der Waals surface area (Å²) in [6.07, 6.45) is 0. The number of amides is 2. The van der Waals surface area contributed by atoms with Crippen molar-refractivity contribution < 1.29 is 27.3 Å². The van der Waals surface area contributed by atoms with Crippen molar-refractivity contribution in [2.75, 3.05) is 4.90 Å². The summed E-state index contributed by atoms with van der Waals surface area (Å²) in [4.78, 5) is 27.2. The first-order valence-electron chi connectivity index (χ1n) is 9.88. The molecule has 1 aromatic heterocycles. The maximum absolute atomic E-state index is 13.8. The zero-order valence-electron chi connectivity index (χ0n) is 17.6. The van der Waals surface area contributed by atoms with Crippen LogP contribution in [-0.2, 0) is 23.3 Å². The van der Waals surface area contributed by atoms with Gasteiger partial charge in [-0.2, -0.15) is 0 Å². The van der Waals surface area contributed by atoms with Gasteiger partial charge in [0.05, 0.1) is 17.7 Å². The van der Waals surface area contributed by atoms with Gasteiger partial charge in [0.2, 0.25) is 5.91 Å². The Morgan fingerprint density at radius 2 is 1.81 bits per heavy atom. The third kappa shape index (κ3) is 3.74. The molecule has 0 unspecified atom stereocenters. The highest BCUT2D eigenvalue weighted by atomic mass is 19.1. The second kappa shape index (κ2) is 7.81. The van der Waals surface area contributed by atoms with Crippen molar-refractivity contribution in [2.24, 2.45) is 0 Å². The van der Waals surface area contributed by atoms with Crippen LogP contribution in [-0.4, -0.2) is 17.0 Å². The fraction of sp³-hybridized carbons (Fsp3) is 0.261. The van der Waals surface area contributed by atoms with Gasteiger partial charge in [-0.1, -0.05) is 11.2 Å². The Bertz CT molecular complexity index is 1210. The van der Waals surface area contributed by atoms with E-state index in [1.54, 1.807) is 45.0 Å². The van der Waals surface area contributed by atoms with E-state index in [2.05, 4.69) is 10.5 Å². The molecule has 3 aromatic rings. The highest BCUT2D eigenvalue weighted by Gasteiger charge is 2.44. The average Bonchev–Trinajstić information content (AvgIpc) is 3.21. The van der Waals surface area contributed by atoms with Gasteiger partial charge in [0, 0.05) is 41.6 Å². The number of carbonyl (C=O) groups excluding carboxylic acids is 2. The number of aryl methyl sites for hydroxylation is 1. The predicted octanol–water partition coefficient (Wildman–Crippen LogP) is 4.15. The van der Waals surface area contributed by atoms with Gasteiger partial charge >= 0.3 is 0 Å². The van der Waals surface area contributed by atoms with E-state index in [9.17, 15) is 22.8 Å². The Morgan fingerprint density at radius 3 is 2.44 bits per heavy atom. The smallest absolute Gasteiger partial charge is 0.251 e. The van der Waals surface area contributed by atoms with Gasteiger partial charge in [-0.15, -0.1) is 0 Å². The first kappa shape index (κ1) is 21.6. The summed E-state index contributed by atoms with van der Waals surface area (Å²) < 4.78 is 46.0. The lowest BCUT2D eigenvalue weighted by molar-refractivity contribution is -0.122. The third-order valence-corrected chi connectivity index (χ3v) is 5.53. The van der Waals surface area contributed by atoms with Gasteiger partial charge in [-0.05, 0) is 38.5 Å². The zero-order chi connectivity index (χ0) is 23.2. The van der Waals surface area contributed by atoms with Gasteiger partial charge < -0.3 is 14.7 Å². The molecule has 1 N–H and O–H groups in total. The maximum atomic E-state index is 13.8. The van der Waals surface area contributed by atoms with E-state index in [0.29, 0.717) is 29.3 Å². The molecule has 0 atom stereocenters. The van der Waals surface area contributed by atoms with Crippen molar-refractivity contribution in [2.45, 2.75) is 39.3 Å². The molecule has 32 heavy (non-hydrogen) atoms. The van der Waals surface area contributed by atoms with E-state index in [1.807, 2.05) is 0 Å². The SMILES string of the molecule is Cc1cc(CN2C(=O)C(C)(C)c3ccc(C(=O)NCc4c(F)cc(F)cc4F)cc32)on1. The molecular formula is C23H20F3N3O3. The molecule has 0 fully saturated rings. The molecule has 2 heterocycles. The topological polar surface area (TPSA) is 75.4 Å². The van der Waals surface area contributed by atoms with Gasteiger partial charge in [-0.25, -0.2) is 13.2 Å². The van der Waals surface area contributed by atoms with Crippen molar-refractivity contribution in [3.8, 4) is 0 Å². The molecule has 4 rings (SSSR count). The average molecular weight is 443 g/mol. The second-order valence-electron chi connectivity index (χ2n) is 8.21. The number of fused-ring (bicyclic) bond motifs is 1. The fourth-order valence-electron chi connectivity index (χ4n) is 3.80. The van der Waals surface area contributed by atoms with Crippen molar-refractivity contribution in [3.63, 3.8) is 0 Å². The van der Waals surface area contributed by atoms with E-state index in [4.69, 9.17) is 4.52 Å². The van der Waals surface area contributed by atoms with Gasteiger partial charge in [0.1, 0.15) is 17.5 Å². The van der Waals surface area contributed by atoms with Crippen LogP contribution in [0, 0.1) is 24.4 Å². The molecule has 0 bridgehead atoms. The number of rotatable bonds is 5. The lowest BCUT2D eigenvalue weighted by Crippen LogP contribution is -2.35. The van der Waals surface area contributed by atoms with Crippen LogP contribution in [0.25, 0.3) is 0 Å². The molecule has 1 aliphatic rings. The number of anilines is 1. The highest BCUT2D eigenvalue weighted by molar-refractivity contribution is 6.08. The molecule has 0 saturated heterocycles. The molecule has 166 valence electrons. The molecule has 0 saturated carbocycles. The quantitative estimate of drug-likeness (QED) is 0.643. The molecule has 9 heteroatoms. The summed E-state index contributed by atoms with van der Waals surface area (Å²) in [6.45, 7) is 5.04. The van der Waals surface area contributed by atoms with Gasteiger partial charge in [-0.3, -0.25) is 9.59 Å². The van der Waals surface area contributed by atoms with E-state index < -0.39 is 40.9 Å². The van der Waals surface area contributed by atoms with Crippen LogP contribution in [0.15, 0.2) is 40.9 Å². The third-order valence-electron chi connectivity index (χ3n) is 5.53. The highest BCUT2D eigenvalue weighted by Crippen LogP contribution is 2.42. The molecule has 0 radical (unpaired) electrons. The monoisotopic (exact) mass is 443 g/mol.